The molecule has 0 aliphatic rings. The van der Waals surface area contributed by atoms with Gasteiger partial charge in [0, 0.05) is 6.54 Å². The van der Waals surface area contributed by atoms with Crippen LogP contribution in [0.15, 0.2) is 47.4 Å². The highest BCUT2D eigenvalue weighted by Crippen LogP contribution is 2.16. The fourth-order valence-corrected chi connectivity index (χ4v) is 3.21. The standard InChI is InChI=1S/C15H15F2NO2S/c1-11-2-5-14(17)10-15(11)21(19,20)18-9-8-12-3-6-13(16)7-4-12/h2-7,10,18H,8-9H2,1H3. The molecule has 0 amide bonds. The van der Waals surface area contributed by atoms with E-state index in [1.54, 1.807) is 19.1 Å². The average molecular weight is 311 g/mol. The van der Waals surface area contributed by atoms with E-state index in [1.807, 2.05) is 0 Å². The molecule has 0 aromatic heterocycles. The van der Waals surface area contributed by atoms with E-state index in [2.05, 4.69) is 4.72 Å². The second-order valence-electron chi connectivity index (χ2n) is 4.68. The van der Waals surface area contributed by atoms with Gasteiger partial charge < -0.3 is 0 Å². The lowest BCUT2D eigenvalue weighted by atomic mass is 10.1. The third-order valence-electron chi connectivity index (χ3n) is 3.06. The van der Waals surface area contributed by atoms with E-state index in [0.29, 0.717) is 12.0 Å². The van der Waals surface area contributed by atoms with Crippen LogP contribution in [0.5, 0.6) is 0 Å². The first kappa shape index (κ1) is 15.6. The van der Waals surface area contributed by atoms with Gasteiger partial charge in [0.25, 0.3) is 0 Å². The molecule has 0 saturated heterocycles. The van der Waals surface area contributed by atoms with Crippen molar-refractivity contribution in [3.63, 3.8) is 0 Å². The molecule has 0 spiro atoms. The van der Waals surface area contributed by atoms with Crippen molar-refractivity contribution in [3.05, 3.63) is 65.2 Å². The second-order valence-corrected chi connectivity index (χ2v) is 6.42. The fourth-order valence-electron chi connectivity index (χ4n) is 1.92. The average Bonchev–Trinajstić information content (AvgIpc) is 2.43. The van der Waals surface area contributed by atoms with Crippen LogP contribution in [-0.4, -0.2) is 15.0 Å². The van der Waals surface area contributed by atoms with E-state index in [0.717, 1.165) is 11.6 Å². The molecule has 0 radical (unpaired) electrons. The van der Waals surface area contributed by atoms with Crippen molar-refractivity contribution in [1.82, 2.24) is 4.72 Å². The van der Waals surface area contributed by atoms with E-state index >= 15 is 0 Å². The van der Waals surface area contributed by atoms with Crippen molar-refractivity contribution < 1.29 is 17.2 Å². The van der Waals surface area contributed by atoms with Crippen molar-refractivity contribution in [2.24, 2.45) is 0 Å². The first-order valence-electron chi connectivity index (χ1n) is 6.39. The van der Waals surface area contributed by atoms with E-state index in [1.165, 1.54) is 24.3 Å². The molecular weight excluding hydrogens is 296 g/mol. The monoisotopic (exact) mass is 311 g/mol. The van der Waals surface area contributed by atoms with Crippen LogP contribution in [0.3, 0.4) is 0 Å². The Morgan fingerprint density at radius 2 is 1.62 bits per heavy atom. The van der Waals surface area contributed by atoms with Crippen LogP contribution in [-0.2, 0) is 16.4 Å². The summed E-state index contributed by atoms with van der Waals surface area (Å²) in [7, 11) is -3.76. The third kappa shape index (κ3) is 4.09. The van der Waals surface area contributed by atoms with Gasteiger partial charge in [0.1, 0.15) is 11.6 Å². The Kier molecular flexibility index (Phi) is 4.69. The second kappa shape index (κ2) is 6.32. The van der Waals surface area contributed by atoms with Crippen LogP contribution in [0.2, 0.25) is 0 Å². The van der Waals surface area contributed by atoms with Crippen molar-refractivity contribution in [3.8, 4) is 0 Å². The molecule has 0 heterocycles. The first-order chi connectivity index (χ1) is 9.88. The van der Waals surface area contributed by atoms with Crippen molar-refractivity contribution >= 4 is 10.0 Å². The summed E-state index contributed by atoms with van der Waals surface area (Å²) in [6, 6.07) is 9.46. The molecule has 0 bridgehead atoms. The van der Waals surface area contributed by atoms with Gasteiger partial charge in [-0.05, 0) is 48.7 Å². The van der Waals surface area contributed by atoms with Gasteiger partial charge >= 0.3 is 0 Å². The van der Waals surface area contributed by atoms with Crippen LogP contribution < -0.4 is 4.72 Å². The third-order valence-corrected chi connectivity index (χ3v) is 4.66. The zero-order valence-electron chi connectivity index (χ0n) is 11.4. The van der Waals surface area contributed by atoms with Crippen LogP contribution in [0, 0.1) is 18.6 Å². The minimum absolute atomic E-state index is 0.0680. The molecule has 0 aliphatic carbocycles. The highest BCUT2D eigenvalue weighted by molar-refractivity contribution is 7.89. The Bertz CT molecular complexity index is 728. The number of aryl methyl sites for hydroxylation is 1. The minimum atomic E-state index is -3.76. The Balaban J connectivity index is 2.04. The van der Waals surface area contributed by atoms with Gasteiger partial charge in [-0.15, -0.1) is 0 Å². The fraction of sp³-hybridized carbons (Fsp3) is 0.200. The van der Waals surface area contributed by atoms with Gasteiger partial charge in [0.05, 0.1) is 4.90 Å². The van der Waals surface area contributed by atoms with Crippen molar-refractivity contribution in [2.45, 2.75) is 18.2 Å². The summed E-state index contributed by atoms with van der Waals surface area (Å²) in [5.74, 6) is -0.936. The summed E-state index contributed by atoms with van der Waals surface area (Å²) in [6.07, 6.45) is 0.424. The van der Waals surface area contributed by atoms with Gasteiger partial charge in [-0.2, -0.15) is 0 Å². The van der Waals surface area contributed by atoms with Gasteiger partial charge in [0.15, 0.2) is 0 Å². The van der Waals surface area contributed by atoms with Crippen LogP contribution in [0.4, 0.5) is 8.78 Å². The lowest BCUT2D eigenvalue weighted by molar-refractivity contribution is 0.576. The van der Waals surface area contributed by atoms with Gasteiger partial charge in [-0.3, -0.25) is 0 Å². The molecule has 3 nitrogen and oxygen atoms in total. The first-order valence-corrected chi connectivity index (χ1v) is 7.87. The van der Waals surface area contributed by atoms with Gasteiger partial charge in [-0.25, -0.2) is 21.9 Å². The maximum Gasteiger partial charge on any atom is 0.240 e. The highest BCUT2D eigenvalue weighted by Gasteiger charge is 2.16. The van der Waals surface area contributed by atoms with E-state index in [9.17, 15) is 17.2 Å². The highest BCUT2D eigenvalue weighted by atomic mass is 32.2. The molecule has 1 N–H and O–H groups in total. The molecule has 21 heavy (non-hydrogen) atoms. The van der Waals surface area contributed by atoms with Crippen molar-refractivity contribution in [2.75, 3.05) is 6.54 Å². The Morgan fingerprint density at radius 3 is 2.29 bits per heavy atom. The zero-order valence-corrected chi connectivity index (χ0v) is 12.3. The maximum absolute atomic E-state index is 13.2. The lowest BCUT2D eigenvalue weighted by Gasteiger charge is -2.09. The predicted molar refractivity (Wildman–Crippen MR) is 76.4 cm³/mol. The van der Waals surface area contributed by atoms with Gasteiger partial charge in [0.2, 0.25) is 10.0 Å². The van der Waals surface area contributed by atoms with Crippen molar-refractivity contribution in [1.29, 1.82) is 0 Å². The lowest BCUT2D eigenvalue weighted by Crippen LogP contribution is -2.26. The number of benzene rings is 2. The molecule has 2 aromatic carbocycles. The number of hydrogen-bond acceptors (Lipinski definition) is 2. The largest absolute Gasteiger partial charge is 0.240 e. The Morgan fingerprint density at radius 1 is 1.00 bits per heavy atom. The van der Waals surface area contributed by atoms with E-state index in [-0.39, 0.29) is 17.3 Å². The molecule has 2 rings (SSSR count). The molecule has 0 aliphatic heterocycles. The zero-order chi connectivity index (χ0) is 15.5. The van der Waals surface area contributed by atoms with E-state index in [4.69, 9.17) is 0 Å². The topological polar surface area (TPSA) is 46.2 Å². The minimum Gasteiger partial charge on any atom is -0.211 e. The molecule has 0 unspecified atom stereocenters. The number of halogens is 2. The quantitative estimate of drug-likeness (QED) is 0.923. The van der Waals surface area contributed by atoms with Crippen LogP contribution in [0.1, 0.15) is 11.1 Å². The molecule has 112 valence electrons. The summed E-state index contributed by atoms with van der Waals surface area (Å²) in [5, 5.41) is 0. The number of rotatable bonds is 5. The molecule has 0 fully saturated rings. The SMILES string of the molecule is Cc1ccc(F)cc1S(=O)(=O)NCCc1ccc(F)cc1. The predicted octanol–water partition coefficient (Wildman–Crippen LogP) is 2.79. The summed E-state index contributed by atoms with van der Waals surface area (Å²) in [5.41, 5.74) is 1.29. The summed E-state index contributed by atoms with van der Waals surface area (Å²) in [6.45, 7) is 1.76. The van der Waals surface area contributed by atoms with E-state index < -0.39 is 15.8 Å². The number of sulfonamides is 1. The molecule has 0 saturated carbocycles. The van der Waals surface area contributed by atoms with Crippen LogP contribution >= 0.6 is 0 Å². The Hall–Kier alpha value is -1.79. The maximum atomic E-state index is 13.2. The Labute approximate surface area is 122 Å². The summed E-state index contributed by atoms with van der Waals surface area (Å²) >= 11 is 0. The van der Waals surface area contributed by atoms with Gasteiger partial charge in [-0.1, -0.05) is 18.2 Å². The van der Waals surface area contributed by atoms with Crippen LogP contribution in [0.25, 0.3) is 0 Å². The smallest absolute Gasteiger partial charge is 0.211 e. The summed E-state index contributed by atoms with van der Waals surface area (Å²) in [4.78, 5) is -0.0680. The summed E-state index contributed by atoms with van der Waals surface area (Å²) < 4.78 is 52.6. The molecular formula is C15H15F2NO2S. The molecule has 2 aromatic rings. The molecule has 0 atom stereocenters. The molecule has 6 heteroatoms. The number of hydrogen-bond donors (Lipinski definition) is 1. The number of nitrogens with one attached hydrogen (secondary N) is 1. The normalized spacial score (nSPS) is 11.6.